The van der Waals surface area contributed by atoms with Crippen LogP contribution in [0.25, 0.3) is 22.2 Å². The van der Waals surface area contributed by atoms with Gasteiger partial charge >= 0.3 is 0 Å². The minimum Gasteiger partial charge on any atom is -0.332 e. The summed E-state index contributed by atoms with van der Waals surface area (Å²) in [5, 5.41) is 7.01. The summed E-state index contributed by atoms with van der Waals surface area (Å²) in [5.74, 6) is 1.06. The van der Waals surface area contributed by atoms with E-state index in [1.807, 2.05) is 17.5 Å². The fraction of sp³-hybridized carbons (Fsp3) is 0.353. The maximum atomic E-state index is 6.39. The smallest absolute Gasteiger partial charge is 0.277 e. The molecule has 0 bridgehead atoms. The van der Waals surface area contributed by atoms with Crippen LogP contribution in [0.2, 0.25) is 0 Å². The van der Waals surface area contributed by atoms with Gasteiger partial charge in [-0.1, -0.05) is 42.3 Å². The lowest BCUT2D eigenvalue weighted by molar-refractivity contribution is 0.372. The molecule has 5 nitrogen and oxygen atoms in total. The molecule has 7 heteroatoms. The molecule has 0 aliphatic heterocycles. The Balaban J connectivity index is 0.00000169. The summed E-state index contributed by atoms with van der Waals surface area (Å²) < 4.78 is 5.41. The van der Waals surface area contributed by atoms with Gasteiger partial charge in [-0.25, -0.2) is 4.98 Å². The molecule has 1 aromatic carbocycles. The standard InChI is InChI=1S/C17H18N4OS.ClH/c1-11-6-2-3-7-12(11)15-19-13(10-23-15)14-20-16(21-22-14)17(18)8-4-5-9-17;/h2-3,6-7,10H,4-5,8-9,18H2,1H3;1H. The van der Waals surface area contributed by atoms with Gasteiger partial charge in [-0.2, -0.15) is 4.98 Å². The van der Waals surface area contributed by atoms with Crippen molar-refractivity contribution in [3.8, 4) is 22.2 Å². The van der Waals surface area contributed by atoms with Crippen LogP contribution in [-0.2, 0) is 5.54 Å². The number of nitrogens with zero attached hydrogens (tertiary/aromatic N) is 3. The zero-order valence-electron chi connectivity index (χ0n) is 13.4. The van der Waals surface area contributed by atoms with E-state index in [9.17, 15) is 0 Å². The van der Waals surface area contributed by atoms with Crippen molar-refractivity contribution in [1.29, 1.82) is 0 Å². The third-order valence-electron chi connectivity index (χ3n) is 4.47. The normalized spacial score (nSPS) is 16.1. The van der Waals surface area contributed by atoms with Crippen LogP contribution in [0.15, 0.2) is 34.2 Å². The Morgan fingerprint density at radius 1 is 1.17 bits per heavy atom. The minimum atomic E-state index is -0.434. The highest BCUT2D eigenvalue weighted by atomic mass is 35.5. The van der Waals surface area contributed by atoms with E-state index in [2.05, 4.69) is 34.2 Å². The van der Waals surface area contributed by atoms with E-state index in [-0.39, 0.29) is 12.4 Å². The van der Waals surface area contributed by atoms with Gasteiger partial charge in [0.05, 0.1) is 5.54 Å². The van der Waals surface area contributed by atoms with E-state index in [1.165, 1.54) is 5.56 Å². The highest BCUT2D eigenvalue weighted by molar-refractivity contribution is 7.13. The summed E-state index contributed by atoms with van der Waals surface area (Å²) in [7, 11) is 0. The summed E-state index contributed by atoms with van der Waals surface area (Å²) in [6, 6.07) is 8.20. The molecule has 1 aliphatic rings. The lowest BCUT2D eigenvalue weighted by Gasteiger charge is -2.17. The summed E-state index contributed by atoms with van der Waals surface area (Å²) >= 11 is 1.58. The van der Waals surface area contributed by atoms with Crippen LogP contribution >= 0.6 is 23.7 Å². The second kappa shape index (κ2) is 6.63. The number of aryl methyl sites for hydroxylation is 1. The molecule has 0 unspecified atom stereocenters. The number of hydrogen-bond acceptors (Lipinski definition) is 6. The van der Waals surface area contributed by atoms with Gasteiger partial charge in [-0.3, -0.25) is 0 Å². The Hall–Kier alpha value is -1.76. The van der Waals surface area contributed by atoms with Gasteiger partial charge in [-0.15, -0.1) is 23.7 Å². The molecule has 24 heavy (non-hydrogen) atoms. The van der Waals surface area contributed by atoms with Crippen LogP contribution < -0.4 is 5.73 Å². The Morgan fingerprint density at radius 2 is 1.92 bits per heavy atom. The molecule has 0 saturated heterocycles. The number of aromatic nitrogens is 3. The monoisotopic (exact) mass is 362 g/mol. The predicted molar refractivity (Wildman–Crippen MR) is 97.2 cm³/mol. The zero-order chi connectivity index (χ0) is 15.9. The summed E-state index contributed by atoms with van der Waals surface area (Å²) in [6.45, 7) is 2.08. The van der Waals surface area contributed by atoms with E-state index in [0.29, 0.717) is 17.4 Å². The van der Waals surface area contributed by atoms with Crippen LogP contribution in [-0.4, -0.2) is 15.1 Å². The van der Waals surface area contributed by atoms with Crippen LogP contribution in [0.5, 0.6) is 0 Å². The molecule has 1 aliphatic carbocycles. The van der Waals surface area contributed by atoms with E-state index in [0.717, 1.165) is 36.3 Å². The molecule has 3 aromatic rings. The molecule has 0 amide bonds. The van der Waals surface area contributed by atoms with Crippen molar-refractivity contribution in [3.05, 3.63) is 41.0 Å². The fourth-order valence-electron chi connectivity index (χ4n) is 3.07. The average molecular weight is 363 g/mol. The largest absolute Gasteiger partial charge is 0.332 e. The summed E-state index contributed by atoms with van der Waals surface area (Å²) in [6.07, 6.45) is 4.07. The zero-order valence-corrected chi connectivity index (χ0v) is 15.0. The van der Waals surface area contributed by atoms with Crippen molar-refractivity contribution in [2.24, 2.45) is 5.73 Å². The third kappa shape index (κ3) is 2.97. The van der Waals surface area contributed by atoms with Gasteiger partial charge in [-0.05, 0) is 25.3 Å². The first-order valence-electron chi connectivity index (χ1n) is 7.81. The molecule has 0 spiro atoms. The van der Waals surface area contributed by atoms with Gasteiger partial charge in [0.15, 0.2) is 5.82 Å². The second-order valence-electron chi connectivity index (χ2n) is 6.14. The minimum absolute atomic E-state index is 0. The van der Waals surface area contributed by atoms with Crippen molar-refractivity contribution < 1.29 is 4.52 Å². The number of hydrogen-bond donors (Lipinski definition) is 1. The first-order valence-corrected chi connectivity index (χ1v) is 8.69. The molecular formula is C17H19ClN4OS. The van der Waals surface area contributed by atoms with Crippen LogP contribution in [0.4, 0.5) is 0 Å². The molecule has 1 fully saturated rings. The topological polar surface area (TPSA) is 77.8 Å². The van der Waals surface area contributed by atoms with Gasteiger partial charge in [0, 0.05) is 10.9 Å². The van der Waals surface area contributed by atoms with Crippen LogP contribution in [0.1, 0.15) is 37.1 Å². The Bertz CT molecular complexity index is 838. The van der Waals surface area contributed by atoms with Gasteiger partial charge in [0.1, 0.15) is 10.7 Å². The number of rotatable bonds is 3. The molecule has 2 N–H and O–H groups in total. The van der Waals surface area contributed by atoms with E-state index in [1.54, 1.807) is 11.3 Å². The Labute approximate surface area is 150 Å². The number of halogens is 1. The quantitative estimate of drug-likeness (QED) is 0.750. The molecular weight excluding hydrogens is 344 g/mol. The van der Waals surface area contributed by atoms with Crippen molar-refractivity contribution in [2.45, 2.75) is 38.1 Å². The second-order valence-corrected chi connectivity index (χ2v) is 7.00. The molecule has 1 saturated carbocycles. The first-order chi connectivity index (χ1) is 11.2. The molecule has 4 rings (SSSR count). The number of benzene rings is 1. The summed E-state index contributed by atoms with van der Waals surface area (Å²) in [5.41, 5.74) is 9.00. The maximum Gasteiger partial charge on any atom is 0.277 e. The SMILES string of the molecule is Cc1ccccc1-c1nc(-c2nc(C3(N)CCCC3)no2)cs1.Cl. The van der Waals surface area contributed by atoms with Crippen molar-refractivity contribution in [1.82, 2.24) is 15.1 Å². The number of nitrogens with two attached hydrogens (primary N) is 1. The lowest BCUT2D eigenvalue weighted by atomic mass is 9.99. The Morgan fingerprint density at radius 3 is 2.67 bits per heavy atom. The first kappa shape index (κ1) is 17.1. The fourth-order valence-corrected chi connectivity index (χ4v) is 3.95. The predicted octanol–water partition coefficient (Wildman–Crippen LogP) is 4.32. The van der Waals surface area contributed by atoms with Gasteiger partial charge in [0.2, 0.25) is 0 Å². The lowest BCUT2D eigenvalue weighted by Crippen LogP contribution is -2.34. The van der Waals surface area contributed by atoms with E-state index < -0.39 is 5.54 Å². The molecule has 126 valence electrons. The van der Waals surface area contributed by atoms with Crippen molar-refractivity contribution >= 4 is 23.7 Å². The Kier molecular flexibility index (Phi) is 4.71. The molecule has 2 heterocycles. The van der Waals surface area contributed by atoms with Gasteiger partial charge in [0.25, 0.3) is 5.89 Å². The van der Waals surface area contributed by atoms with Crippen molar-refractivity contribution in [3.63, 3.8) is 0 Å². The number of thiazole rings is 1. The highest BCUT2D eigenvalue weighted by Gasteiger charge is 2.36. The average Bonchev–Trinajstić information content (AvgIpc) is 3.27. The highest BCUT2D eigenvalue weighted by Crippen LogP contribution is 2.36. The van der Waals surface area contributed by atoms with Crippen molar-refractivity contribution in [2.75, 3.05) is 0 Å². The van der Waals surface area contributed by atoms with E-state index >= 15 is 0 Å². The van der Waals surface area contributed by atoms with Crippen LogP contribution in [0.3, 0.4) is 0 Å². The van der Waals surface area contributed by atoms with Crippen LogP contribution in [0, 0.1) is 6.92 Å². The molecule has 0 radical (unpaired) electrons. The summed E-state index contributed by atoms with van der Waals surface area (Å²) in [4.78, 5) is 9.16. The molecule has 2 aromatic heterocycles. The molecule has 0 atom stereocenters. The van der Waals surface area contributed by atoms with E-state index in [4.69, 9.17) is 10.3 Å². The third-order valence-corrected chi connectivity index (χ3v) is 5.34. The van der Waals surface area contributed by atoms with Gasteiger partial charge < -0.3 is 10.3 Å². The maximum absolute atomic E-state index is 6.39.